The van der Waals surface area contributed by atoms with Gasteiger partial charge in [0.05, 0.1) is 11.2 Å². The Kier molecular flexibility index (Phi) is 1.53. The van der Waals surface area contributed by atoms with E-state index < -0.39 is 0 Å². The molecule has 0 spiro atoms. The number of hydrogen-bond acceptors (Lipinski definition) is 1. The van der Waals surface area contributed by atoms with Gasteiger partial charge in [-0.3, -0.25) is 4.98 Å². The number of aromatic nitrogens is 2. The number of hydrogen-bond donors (Lipinski definition) is 0. The van der Waals surface area contributed by atoms with Crippen LogP contribution in [0.25, 0.3) is 5.52 Å². The molecule has 68 valence electrons. The van der Waals surface area contributed by atoms with Crippen LogP contribution in [-0.4, -0.2) is 9.38 Å². The molecular weight excluding hydrogens is 172 g/mol. The van der Waals surface area contributed by atoms with Gasteiger partial charge in [-0.05, 0) is 24.3 Å². The van der Waals surface area contributed by atoms with Crippen LogP contribution in [0.2, 0.25) is 0 Å². The van der Waals surface area contributed by atoms with Crippen molar-refractivity contribution in [2.24, 2.45) is 0 Å². The molecule has 2 bridgehead atoms. The van der Waals surface area contributed by atoms with Crippen molar-refractivity contribution in [2.45, 2.75) is 6.42 Å². The summed E-state index contributed by atoms with van der Waals surface area (Å²) in [6.07, 6.45) is 5.09. The number of nitrogens with zero attached hydrogens (tertiary/aromatic N) is 2. The molecule has 0 fully saturated rings. The zero-order chi connectivity index (χ0) is 9.38. The third-order valence-corrected chi connectivity index (χ3v) is 2.46. The van der Waals surface area contributed by atoms with Crippen molar-refractivity contribution in [3.05, 3.63) is 60.2 Å². The Morgan fingerprint density at radius 3 is 2.50 bits per heavy atom. The molecule has 4 rings (SSSR count). The Labute approximate surface area is 82.2 Å². The Hall–Kier alpha value is -1.83. The van der Waals surface area contributed by atoms with E-state index in [-0.39, 0.29) is 0 Å². The first-order chi connectivity index (χ1) is 6.93. The highest BCUT2D eigenvalue weighted by Crippen LogP contribution is 2.16. The number of rotatable bonds is 0. The van der Waals surface area contributed by atoms with Crippen molar-refractivity contribution in [1.82, 2.24) is 9.38 Å². The molecule has 0 atom stereocenters. The van der Waals surface area contributed by atoms with Crippen molar-refractivity contribution in [1.29, 1.82) is 0 Å². The molecule has 0 aromatic carbocycles. The van der Waals surface area contributed by atoms with Gasteiger partial charge in [0.2, 0.25) is 0 Å². The van der Waals surface area contributed by atoms with Crippen LogP contribution in [-0.2, 0) is 6.42 Å². The fourth-order valence-electron chi connectivity index (χ4n) is 1.72. The zero-order valence-electron chi connectivity index (χ0n) is 7.72. The van der Waals surface area contributed by atoms with Crippen molar-refractivity contribution < 1.29 is 0 Å². The SMILES string of the molecule is c1ccn2ccccc2c2nc(c1)C2. The van der Waals surface area contributed by atoms with Gasteiger partial charge in [-0.2, -0.15) is 0 Å². The van der Waals surface area contributed by atoms with Gasteiger partial charge in [0, 0.05) is 24.5 Å². The molecule has 2 heteroatoms. The molecule has 0 N–H and O–H groups in total. The molecule has 2 aromatic rings. The predicted octanol–water partition coefficient (Wildman–Crippen LogP) is 2.36. The summed E-state index contributed by atoms with van der Waals surface area (Å²) in [5.74, 6) is 0. The van der Waals surface area contributed by atoms with Crippen LogP contribution in [0, 0.1) is 0 Å². The van der Waals surface area contributed by atoms with E-state index in [0.717, 1.165) is 6.42 Å². The molecule has 4 heterocycles. The minimum Gasteiger partial charge on any atom is -0.322 e. The normalized spacial score (nSPS) is 12.0. The lowest BCUT2D eigenvalue weighted by Crippen LogP contribution is -2.06. The number of pyridine rings is 1. The first kappa shape index (κ1) is 7.56. The highest BCUT2D eigenvalue weighted by atomic mass is 14.9. The van der Waals surface area contributed by atoms with Crippen molar-refractivity contribution in [3.63, 3.8) is 0 Å². The molecular formula is C12H10N2. The van der Waals surface area contributed by atoms with Crippen LogP contribution >= 0.6 is 0 Å². The van der Waals surface area contributed by atoms with Gasteiger partial charge in [0.1, 0.15) is 0 Å². The molecule has 0 saturated heterocycles. The standard InChI is InChI=1S/C12H10N2/c1-3-7-14-8-4-2-6-12(14)11-9-10(5-1)13-11/h1-8H,9H2. The minimum atomic E-state index is 0.988. The molecule has 14 heavy (non-hydrogen) atoms. The fourth-order valence-corrected chi connectivity index (χ4v) is 1.72. The second-order valence-electron chi connectivity index (χ2n) is 3.42. The van der Waals surface area contributed by atoms with Crippen LogP contribution in [0.15, 0.2) is 48.8 Å². The van der Waals surface area contributed by atoms with Crippen LogP contribution in [0.4, 0.5) is 0 Å². The lowest BCUT2D eigenvalue weighted by atomic mass is 10.1. The maximum atomic E-state index is 4.47. The summed E-state index contributed by atoms with van der Waals surface area (Å²) in [6, 6.07) is 12.3. The summed E-state index contributed by atoms with van der Waals surface area (Å²) in [5, 5.41) is 0. The van der Waals surface area contributed by atoms with Gasteiger partial charge in [-0.15, -0.1) is 0 Å². The summed E-state index contributed by atoms with van der Waals surface area (Å²) in [6.45, 7) is 0. The summed E-state index contributed by atoms with van der Waals surface area (Å²) >= 11 is 0. The molecule has 0 radical (unpaired) electrons. The molecule has 2 aliphatic rings. The predicted molar refractivity (Wildman–Crippen MR) is 55.6 cm³/mol. The Balaban J connectivity index is 2.50. The van der Waals surface area contributed by atoms with Crippen molar-refractivity contribution >= 4 is 5.52 Å². The van der Waals surface area contributed by atoms with E-state index in [9.17, 15) is 0 Å². The Bertz CT molecular complexity index is 539. The maximum absolute atomic E-state index is 4.47. The molecule has 0 unspecified atom stereocenters. The third kappa shape index (κ3) is 1.08. The summed E-state index contributed by atoms with van der Waals surface area (Å²) in [4.78, 5) is 4.47. The first-order valence-electron chi connectivity index (χ1n) is 4.72. The van der Waals surface area contributed by atoms with E-state index in [1.54, 1.807) is 0 Å². The van der Waals surface area contributed by atoms with E-state index >= 15 is 0 Å². The lowest BCUT2D eigenvalue weighted by Gasteiger charge is -2.10. The van der Waals surface area contributed by atoms with Gasteiger partial charge >= 0.3 is 0 Å². The van der Waals surface area contributed by atoms with Gasteiger partial charge in [-0.1, -0.05) is 12.1 Å². The average Bonchev–Trinajstić information content (AvgIpc) is 2.28. The average molecular weight is 182 g/mol. The van der Waals surface area contributed by atoms with Gasteiger partial charge in [0.25, 0.3) is 0 Å². The van der Waals surface area contributed by atoms with Crippen molar-refractivity contribution in [3.8, 4) is 0 Å². The molecule has 2 nitrogen and oxygen atoms in total. The van der Waals surface area contributed by atoms with Crippen LogP contribution in [0.3, 0.4) is 0 Å². The molecule has 2 aromatic heterocycles. The summed E-state index contributed by atoms with van der Waals surface area (Å²) in [7, 11) is 0. The molecule has 2 aliphatic heterocycles. The maximum Gasteiger partial charge on any atom is 0.0706 e. The highest BCUT2D eigenvalue weighted by Gasteiger charge is 2.09. The van der Waals surface area contributed by atoms with E-state index in [0.29, 0.717) is 0 Å². The van der Waals surface area contributed by atoms with Gasteiger partial charge < -0.3 is 4.40 Å². The zero-order valence-corrected chi connectivity index (χ0v) is 7.72. The lowest BCUT2D eigenvalue weighted by molar-refractivity contribution is 0.908. The number of fused-ring (bicyclic) bond motifs is 3. The van der Waals surface area contributed by atoms with E-state index in [1.807, 2.05) is 30.5 Å². The summed E-state index contributed by atoms with van der Waals surface area (Å²) < 4.78 is 2.10. The third-order valence-electron chi connectivity index (χ3n) is 2.46. The molecule has 0 aliphatic carbocycles. The van der Waals surface area contributed by atoms with E-state index in [4.69, 9.17) is 0 Å². The highest BCUT2D eigenvalue weighted by molar-refractivity contribution is 5.54. The van der Waals surface area contributed by atoms with E-state index in [1.165, 1.54) is 16.9 Å². The van der Waals surface area contributed by atoms with Crippen LogP contribution in [0.5, 0.6) is 0 Å². The van der Waals surface area contributed by atoms with Crippen molar-refractivity contribution in [2.75, 3.05) is 0 Å². The smallest absolute Gasteiger partial charge is 0.0706 e. The van der Waals surface area contributed by atoms with Crippen LogP contribution < -0.4 is 0 Å². The first-order valence-corrected chi connectivity index (χ1v) is 4.72. The fraction of sp³-hybridized carbons (Fsp3) is 0.0833. The molecule has 0 saturated carbocycles. The van der Waals surface area contributed by atoms with E-state index in [2.05, 4.69) is 27.7 Å². The second kappa shape index (κ2) is 2.84. The Morgan fingerprint density at radius 2 is 1.71 bits per heavy atom. The minimum absolute atomic E-state index is 0.988. The monoisotopic (exact) mass is 182 g/mol. The van der Waals surface area contributed by atoms with Gasteiger partial charge in [0.15, 0.2) is 0 Å². The topological polar surface area (TPSA) is 17.3 Å². The second-order valence-corrected chi connectivity index (χ2v) is 3.42. The Morgan fingerprint density at radius 1 is 1.00 bits per heavy atom. The van der Waals surface area contributed by atoms with Gasteiger partial charge in [-0.25, -0.2) is 0 Å². The molecule has 0 amide bonds. The van der Waals surface area contributed by atoms with Crippen LogP contribution in [0.1, 0.15) is 11.4 Å². The largest absolute Gasteiger partial charge is 0.322 e. The quantitative estimate of drug-likeness (QED) is 0.521. The summed E-state index contributed by atoms with van der Waals surface area (Å²) in [5.41, 5.74) is 3.54.